The van der Waals surface area contributed by atoms with Crippen molar-refractivity contribution in [3.8, 4) is 5.75 Å². The van der Waals surface area contributed by atoms with Crippen LogP contribution in [0.2, 0.25) is 0 Å². The Kier molecular flexibility index (Phi) is 4.61. The molecule has 0 heterocycles. The zero-order chi connectivity index (χ0) is 13.7. The Hall–Kier alpha value is -2.15. The third-order valence-electron chi connectivity index (χ3n) is 2.43. The zero-order valence-corrected chi connectivity index (χ0v) is 10.2. The molecule has 0 spiro atoms. The molecule has 7 heteroatoms. The van der Waals surface area contributed by atoms with Gasteiger partial charge in [0.15, 0.2) is 0 Å². The predicted molar refractivity (Wildman–Crippen MR) is 66.5 cm³/mol. The lowest BCUT2D eigenvalue weighted by Crippen LogP contribution is -2.34. The summed E-state index contributed by atoms with van der Waals surface area (Å²) in [4.78, 5) is 21.7. The van der Waals surface area contributed by atoms with Gasteiger partial charge in [0.1, 0.15) is 5.75 Å². The van der Waals surface area contributed by atoms with Crippen molar-refractivity contribution in [3.05, 3.63) is 28.3 Å². The Morgan fingerprint density at radius 3 is 2.78 bits per heavy atom. The number of ether oxygens (including phenoxy) is 1. The first-order valence-electron chi connectivity index (χ1n) is 5.38. The molecule has 18 heavy (non-hydrogen) atoms. The molecule has 1 amide bonds. The number of amides is 1. The summed E-state index contributed by atoms with van der Waals surface area (Å²) in [5.41, 5.74) is 5.68. The topological polar surface area (TPSA) is 107 Å². The summed E-state index contributed by atoms with van der Waals surface area (Å²) in [6, 6.07) is 3.30. The first-order chi connectivity index (χ1) is 8.49. The lowest BCUT2D eigenvalue weighted by molar-refractivity contribution is -0.384. The van der Waals surface area contributed by atoms with Crippen LogP contribution in [0.1, 0.15) is 13.3 Å². The molecule has 1 atom stereocenters. The van der Waals surface area contributed by atoms with Gasteiger partial charge in [-0.05, 0) is 12.5 Å². The number of methoxy groups -OCH3 is 1. The number of nitro groups is 1. The fraction of sp³-hybridized carbons (Fsp3) is 0.364. The number of hydrogen-bond donors (Lipinski definition) is 2. The van der Waals surface area contributed by atoms with E-state index in [9.17, 15) is 14.9 Å². The van der Waals surface area contributed by atoms with Crippen molar-refractivity contribution >= 4 is 17.3 Å². The van der Waals surface area contributed by atoms with Gasteiger partial charge in [-0.15, -0.1) is 0 Å². The molecule has 0 radical (unpaired) electrons. The van der Waals surface area contributed by atoms with Gasteiger partial charge in [0, 0.05) is 12.1 Å². The van der Waals surface area contributed by atoms with Gasteiger partial charge in [0.05, 0.1) is 23.8 Å². The maximum Gasteiger partial charge on any atom is 0.271 e. The summed E-state index contributed by atoms with van der Waals surface area (Å²) >= 11 is 0. The van der Waals surface area contributed by atoms with Gasteiger partial charge in [0.2, 0.25) is 5.91 Å². The molecule has 1 aromatic rings. The number of nitrogens with two attached hydrogens (primary N) is 1. The highest BCUT2D eigenvalue weighted by Gasteiger charge is 2.16. The number of nitrogens with zero attached hydrogens (tertiary/aromatic N) is 1. The van der Waals surface area contributed by atoms with E-state index in [0.29, 0.717) is 12.2 Å². The van der Waals surface area contributed by atoms with Crippen LogP contribution in [0.4, 0.5) is 11.4 Å². The molecule has 0 saturated heterocycles. The first-order valence-corrected chi connectivity index (χ1v) is 5.38. The van der Waals surface area contributed by atoms with Crippen LogP contribution in [-0.2, 0) is 4.79 Å². The summed E-state index contributed by atoms with van der Waals surface area (Å²) in [7, 11) is 1.41. The van der Waals surface area contributed by atoms with Crippen molar-refractivity contribution in [1.29, 1.82) is 0 Å². The van der Waals surface area contributed by atoms with Gasteiger partial charge in [0.25, 0.3) is 5.69 Å². The van der Waals surface area contributed by atoms with Crippen molar-refractivity contribution in [3.63, 3.8) is 0 Å². The molecule has 98 valence electrons. The number of benzene rings is 1. The Morgan fingerprint density at radius 2 is 2.28 bits per heavy atom. The van der Waals surface area contributed by atoms with E-state index in [1.807, 2.05) is 0 Å². The first kappa shape index (κ1) is 13.9. The molecule has 0 aliphatic rings. The quantitative estimate of drug-likeness (QED) is 0.607. The SMILES string of the molecule is CC[C@H](N)C(=O)Nc1cc([N+](=O)[O-])ccc1OC. The van der Waals surface area contributed by atoms with Crippen molar-refractivity contribution in [2.24, 2.45) is 5.73 Å². The maximum atomic E-state index is 11.6. The fourth-order valence-electron chi connectivity index (χ4n) is 1.32. The van der Waals surface area contributed by atoms with E-state index >= 15 is 0 Å². The number of nitro benzene ring substituents is 1. The Bertz CT molecular complexity index is 462. The molecule has 0 unspecified atom stereocenters. The molecule has 0 aliphatic carbocycles. The Labute approximate surface area is 104 Å². The van der Waals surface area contributed by atoms with Crippen LogP contribution < -0.4 is 15.8 Å². The lowest BCUT2D eigenvalue weighted by atomic mass is 10.2. The van der Waals surface area contributed by atoms with Gasteiger partial charge >= 0.3 is 0 Å². The summed E-state index contributed by atoms with van der Waals surface area (Å²) in [6.45, 7) is 1.77. The van der Waals surface area contributed by atoms with E-state index in [4.69, 9.17) is 10.5 Å². The molecule has 1 aromatic carbocycles. The standard InChI is InChI=1S/C11H15N3O4/c1-3-8(12)11(15)13-9-6-7(14(16)17)4-5-10(9)18-2/h4-6,8H,3,12H2,1-2H3,(H,13,15)/t8-/m0/s1. The highest BCUT2D eigenvalue weighted by Crippen LogP contribution is 2.28. The number of non-ortho nitro benzene ring substituents is 1. The van der Waals surface area contributed by atoms with Gasteiger partial charge < -0.3 is 15.8 Å². The summed E-state index contributed by atoms with van der Waals surface area (Å²) < 4.78 is 5.02. The average Bonchev–Trinajstić information content (AvgIpc) is 2.37. The lowest BCUT2D eigenvalue weighted by Gasteiger charge is -2.12. The van der Waals surface area contributed by atoms with Gasteiger partial charge in [-0.25, -0.2) is 0 Å². The second-order valence-corrected chi connectivity index (χ2v) is 3.65. The zero-order valence-electron chi connectivity index (χ0n) is 10.2. The highest BCUT2D eigenvalue weighted by molar-refractivity contribution is 5.96. The molecular weight excluding hydrogens is 238 g/mol. The number of carbonyl (C=O) groups is 1. The number of hydrogen-bond acceptors (Lipinski definition) is 5. The molecule has 1 rings (SSSR count). The molecule has 0 fully saturated rings. The van der Waals surface area contributed by atoms with E-state index < -0.39 is 16.9 Å². The van der Waals surface area contributed by atoms with Gasteiger partial charge in [-0.3, -0.25) is 14.9 Å². The predicted octanol–water partition coefficient (Wildman–Crippen LogP) is 1.28. The number of anilines is 1. The second kappa shape index (κ2) is 5.97. The molecule has 0 bridgehead atoms. The van der Waals surface area contributed by atoms with E-state index in [-0.39, 0.29) is 11.4 Å². The van der Waals surface area contributed by atoms with Crippen molar-refractivity contribution in [2.75, 3.05) is 12.4 Å². The third-order valence-corrected chi connectivity index (χ3v) is 2.43. The van der Waals surface area contributed by atoms with Crippen LogP contribution in [0.15, 0.2) is 18.2 Å². The minimum atomic E-state index is -0.658. The van der Waals surface area contributed by atoms with E-state index in [1.165, 1.54) is 25.3 Å². The van der Waals surface area contributed by atoms with Crippen LogP contribution in [0.25, 0.3) is 0 Å². The highest BCUT2D eigenvalue weighted by atomic mass is 16.6. The molecule has 3 N–H and O–H groups in total. The van der Waals surface area contributed by atoms with Gasteiger partial charge in [-0.2, -0.15) is 0 Å². The van der Waals surface area contributed by atoms with Crippen molar-refractivity contribution in [1.82, 2.24) is 0 Å². The van der Waals surface area contributed by atoms with Crippen molar-refractivity contribution < 1.29 is 14.5 Å². The van der Waals surface area contributed by atoms with Crippen LogP contribution in [0.5, 0.6) is 5.75 Å². The summed E-state index contributed by atoms with van der Waals surface area (Å²) in [5.74, 6) is -0.0615. The van der Waals surface area contributed by atoms with Crippen LogP contribution in [-0.4, -0.2) is 24.0 Å². The Morgan fingerprint density at radius 1 is 1.61 bits per heavy atom. The number of carbonyl (C=O) groups excluding carboxylic acids is 1. The molecule has 0 aliphatic heterocycles. The molecule has 0 aromatic heterocycles. The largest absolute Gasteiger partial charge is 0.495 e. The maximum absolute atomic E-state index is 11.6. The minimum absolute atomic E-state index is 0.129. The number of nitrogens with one attached hydrogen (secondary N) is 1. The second-order valence-electron chi connectivity index (χ2n) is 3.65. The van der Waals surface area contributed by atoms with Crippen LogP contribution in [0, 0.1) is 10.1 Å². The normalized spacial score (nSPS) is 11.7. The number of rotatable bonds is 5. The smallest absolute Gasteiger partial charge is 0.271 e. The minimum Gasteiger partial charge on any atom is -0.495 e. The van der Waals surface area contributed by atoms with Crippen LogP contribution >= 0.6 is 0 Å². The summed E-state index contributed by atoms with van der Waals surface area (Å²) in [6.07, 6.45) is 0.475. The van der Waals surface area contributed by atoms with Gasteiger partial charge in [-0.1, -0.05) is 6.92 Å². The van der Waals surface area contributed by atoms with Crippen LogP contribution in [0.3, 0.4) is 0 Å². The average molecular weight is 253 g/mol. The molecular formula is C11H15N3O4. The van der Waals surface area contributed by atoms with Crippen molar-refractivity contribution in [2.45, 2.75) is 19.4 Å². The Balaban J connectivity index is 3.01. The van der Waals surface area contributed by atoms with E-state index in [2.05, 4.69) is 5.32 Å². The molecule has 7 nitrogen and oxygen atoms in total. The van der Waals surface area contributed by atoms with E-state index in [1.54, 1.807) is 6.92 Å². The summed E-state index contributed by atoms with van der Waals surface area (Å²) in [5, 5.41) is 13.2. The molecule has 0 saturated carbocycles. The monoisotopic (exact) mass is 253 g/mol. The van der Waals surface area contributed by atoms with E-state index in [0.717, 1.165) is 0 Å². The fourth-order valence-corrected chi connectivity index (χ4v) is 1.32. The third kappa shape index (κ3) is 3.17.